The zero-order chi connectivity index (χ0) is 27.6. The number of guanidine groups is 1. The maximum atomic E-state index is 13.8. The molecule has 40 heavy (non-hydrogen) atoms. The molecule has 1 aliphatic carbocycles. The zero-order valence-electron chi connectivity index (χ0n) is 21.0. The Kier molecular flexibility index (Phi) is 6.83. The number of carbonyl (C=O) groups excluding carboxylic acids is 2. The van der Waals surface area contributed by atoms with E-state index in [1.54, 1.807) is 36.8 Å². The highest BCUT2D eigenvalue weighted by Gasteiger charge is 2.42. The first-order chi connectivity index (χ1) is 19.5. The lowest BCUT2D eigenvalue weighted by Crippen LogP contribution is -2.39. The summed E-state index contributed by atoms with van der Waals surface area (Å²) < 4.78 is 5.53. The Bertz CT molecular complexity index is 1540. The third-order valence-electron chi connectivity index (χ3n) is 6.74. The number of hydrogen-bond acceptors (Lipinski definition) is 8. The third kappa shape index (κ3) is 5.21. The summed E-state index contributed by atoms with van der Waals surface area (Å²) in [7, 11) is 0. The Morgan fingerprint density at radius 1 is 1.18 bits per heavy atom. The molecule has 3 heterocycles. The number of alkyl carbamates (subject to hydrolysis) is 1. The van der Waals surface area contributed by atoms with E-state index in [-0.39, 0.29) is 24.5 Å². The normalized spacial score (nSPS) is 17.4. The fraction of sp³-hybridized carbons (Fsp3) is 0.222. The molecular formula is C27H24ClN9O3. The highest BCUT2D eigenvalue weighted by atomic mass is 35.5. The zero-order valence-corrected chi connectivity index (χ0v) is 21.8. The average Bonchev–Trinajstić information content (AvgIpc) is 3.51. The summed E-state index contributed by atoms with van der Waals surface area (Å²) in [6.07, 6.45) is 7.49. The molecule has 202 valence electrons. The quantitative estimate of drug-likeness (QED) is 0.255. The van der Waals surface area contributed by atoms with Crippen LogP contribution in [0, 0.1) is 5.41 Å². The molecule has 0 bridgehead atoms. The second-order valence-corrected chi connectivity index (χ2v) is 9.86. The molecule has 2 amide bonds. The molecule has 0 unspecified atom stereocenters. The number of H-pyrrole nitrogens is 1. The van der Waals surface area contributed by atoms with Crippen LogP contribution >= 0.6 is 11.6 Å². The summed E-state index contributed by atoms with van der Waals surface area (Å²) in [5.74, 6) is -0.0231. The minimum absolute atomic E-state index is 0.111. The van der Waals surface area contributed by atoms with Gasteiger partial charge >= 0.3 is 6.09 Å². The first kappa shape index (κ1) is 25.4. The largest absolute Gasteiger partial charge is 0.447 e. The minimum Gasteiger partial charge on any atom is -0.447 e. The van der Waals surface area contributed by atoms with Crippen LogP contribution < -0.4 is 10.6 Å². The number of rotatable bonds is 8. The smallest absolute Gasteiger partial charge is 0.407 e. The van der Waals surface area contributed by atoms with Crippen molar-refractivity contribution in [1.82, 2.24) is 40.7 Å². The van der Waals surface area contributed by atoms with E-state index in [1.807, 2.05) is 24.3 Å². The molecule has 2 aromatic heterocycles. The molecule has 13 heteroatoms. The summed E-state index contributed by atoms with van der Waals surface area (Å²) in [5, 5.41) is 21.5. The van der Waals surface area contributed by atoms with Crippen LogP contribution in [-0.4, -0.2) is 60.7 Å². The van der Waals surface area contributed by atoms with Crippen LogP contribution in [-0.2, 0) is 9.53 Å². The Labute approximate surface area is 233 Å². The molecule has 1 saturated heterocycles. The number of amides is 2. The van der Waals surface area contributed by atoms with Crippen molar-refractivity contribution in [1.29, 1.82) is 5.41 Å². The van der Waals surface area contributed by atoms with Crippen molar-refractivity contribution < 1.29 is 14.3 Å². The fourth-order valence-corrected chi connectivity index (χ4v) is 4.73. The van der Waals surface area contributed by atoms with Crippen LogP contribution in [0.1, 0.15) is 36.1 Å². The lowest BCUT2D eigenvalue weighted by Gasteiger charge is -2.27. The molecule has 4 N–H and O–H groups in total. The molecule has 12 nitrogen and oxygen atoms in total. The van der Waals surface area contributed by atoms with Gasteiger partial charge in [-0.05, 0) is 36.1 Å². The lowest BCUT2D eigenvalue weighted by atomic mass is 10.0. The van der Waals surface area contributed by atoms with Gasteiger partial charge in [-0.1, -0.05) is 41.9 Å². The SMILES string of the molecule is N=C1N[C@H](c2ccc(-c3cnccn3)cc2)C(=O)N1[C@H](COC(=O)NC1CC1)c1ccc(Cl)c(-c2ncn[nH]2)c1. The van der Waals surface area contributed by atoms with Gasteiger partial charge in [0.25, 0.3) is 5.91 Å². The van der Waals surface area contributed by atoms with E-state index in [0.717, 1.165) is 18.4 Å². The van der Waals surface area contributed by atoms with Crippen molar-refractivity contribution in [3.63, 3.8) is 0 Å². The molecule has 2 atom stereocenters. The first-order valence-electron chi connectivity index (χ1n) is 12.6. The number of hydrogen-bond donors (Lipinski definition) is 4. The van der Waals surface area contributed by atoms with Crippen LogP contribution in [0.15, 0.2) is 67.4 Å². The molecule has 6 rings (SSSR count). The molecule has 2 aromatic carbocycles. The van der Waals surface area contributed by atoms with Gasteiger partial charge in [0.15, 0.2) is 11.8 Å². The number of carbonyl (C=O) groups is 2. The second-order valence-electron chi connectivity index (χ2n) is 9.45. The Morgan fingerprint density at radius 2 is 2.00 bits per heavy atom. The van der Waals surface area contributed by atoms with E-state index in [1.165, 1.54) is 11.2 Å². The van der Waals surface area contributed by atoms with E-state index in [9.17, 15) is 9.59 Å². The molecular weight excluding hydrogens is 534 g/mol. The average molecular weight is 558 g/mol. The molecule has 2 aliphatic rings. The van der Waals surface area contributed by atoms with Crippen molar-refractivity contribution in [3.05, 3.63) is 83.5 Å². The van der Waals surface area contributed by atoms with Gasteiger partial charge in [-0.25, -0.2) is 9.78 Å². The van der Waals surface area contributed by atoms with Crippen molar-refractivity contribution >= 4 is 29.6 Å². The van der Waals surface area contributed by atoms with E-state index in [4.69, 9.17) is 21.7 Å². The molecule has 1 aliphatic heterocycles. The lowest BCUT2D eigenvalue weighted by molar-refractivity contribution is -0.129. The predicted molar refractivity (Wildman–Crippen MR) is 145 cm³/mol. The van der Waals surface area contributed by atoms with Crippen molar-refractivity contribution in [3.8, 4) is 22.6 Å². The minimum atomic E-state index is -0.805. The highest BCUT2D eigenvalue weighted by molar-refractivity contribution is 6.33. The van der Waals surface area contributed by atoms with E-state index in [0.29, 0.717) is 33.2 Å². The van der Waals surface area contributed by atoms with Crippen molar-refractivity contribution in [2.24, 2.45) is 0 Å². The maximum absolute atomic E-state index is 13.8. The Morgan fingerprint density at radius 3 is 2.70 bits per heavy atom. The van der Waals surface area contributed by atoms with Gasteiger partial charge in [0.2, 0.25) is 0 Å². The van der Waals surface area contributed by atoms with Crippen LogP contribution in [0.5, 0.6) is 0 Å². The number of benzene rings is 2. The summed E-state index contributed by atoms with van der Waals surface area (Å²) in [4.78, 5) is 40.1. The Hall–Kier alpha value is -4.84. The predicted octanol–water partition coefficient (Wildman–Crippen LogP) is 3.62. The summed E-state index contributed by atoms with van der Waals surface area (Å²) in [6, 6.07) is 11.0. The summed E-state index contributed by atoms with van der Waals surface area (Å²) in [6.45, 7) is -0.176. The third-order valence-corrected chi connectivity index (χ3v) is 7.07. The number of nitrogens with zero attached hydrogens (tertiary/aromatic N) is 5. The molecule has 1 saturated carbocycles. The van der Waals surface area contributed by atoms with Crippen molar-refractivity contribution in [2.75, 3.05) is 6.61 Å². The van der Waals surface area contributed by atoms with Gasteiger partial charge in [-0.3, -0.25) is 30.2 Å². The second kappa shape index (κ2) is 10.7. The monoisotopic (exact) mass is 557 g/mol. The van der Waals surface area contributed by atoms with Gasteiger partial charge in [-0.15, -0.1) is 0 Å². The number of aromatic nitrogens is 5. The maximum Gasteiger partial charge on any atom is 0.407 e. The van der Waals surface area contributed by atoms with Gasteiger partial charge in [0.05, 0.1) is 23.0 Å². The number of halogens is 1. The Balaban J connectivity index is 1.29. The molecule has 2 fully saturated rings. The van der Waals surface area contributed by atoms with Crippen LogP contribution in [0.4, 0.5) is 4.79 Å². The van der Waals surface area contributed by atoms with Gasteiger partial charge in [-0.2, -0.15) is 5.10 Å². The number of nitrogens with one attached hydrogen (secondary N) is 4. The van der Waals surface area contributed by atoms with Gasteiger partial charge < -0.3 is 15.4 Å². The summed E-state index contributed by atoms with van der Waals surface area (Å²) in [5.41, 5.74) is 3.40. The van der Waals surface area contributed by atoms with Crippen molar-refractivity contribution in [2.45, 2.75) is 31.0 Å². The fourth-order valence-electron chi connectivity index (χ4n) is 4.52. The summed E-state index contributed by atoms with van der Waals surface area (Å²) >= 11 is 6.43. The van der Waals surface area contributed by atoms with E-state index >= 15 is 0 Å². The standard InChI is InChI=1S/C27H24ClN9O3/c28-20-8-5-17(11-19(20)24-32-14-33-36-24)22(13-40-27(39)34-18-6-7-18)37-25(38)23(35-26(37)29)16-3-1-15(2-4-16)21-12-30-9-10-31-21/h1-5,8-12,14,18,22-23H,6-7,13H2,(H2,29,35)(H,34,39)(H,32,33,36)/t22-,23-/m1/s1. The van der Waals surface area contributed by atoms with Crippen LogP contribution in [0.2, 0.25) is 5.02 Å². The van der Waals surface area contributed by atoms with E-state index in [2.05, 4.69) is 35.8 Å². The van der Waals surface area contributed by atoms with Crippen LogP contribution in [0.25, 0.3) is 22.6 Å². The first-order valence-corrected chi connectivity index (χ1v) is 13.0. The number of ether oxygens (including phenoxy) is 1. The number of aromatic amines is 1. The van der Waals surface area contributed by atoms with E-state index < -0.39 is 18.2 Å². The molecule has 4 aromatic rings. The highest BCUT2D eigenvalue weighted by Crippen LogP contribution is 2.34. The molecule has 0 spiro atoms. The van der Waals surface area contributed by atoms with Crippen LogP contribution in [0.3, 0.4) is 0 Å². The van der Waals surface area contributed by atoms with Gasteiger partial charge in [0.1, 0.15) is 19.0 Å². The topological polar surface area (TPSA) is 162 Å². The van der Waals surface area contributed by atoms with Gasteiger partial charge in [0, 0.05) is 29.6 Å². The molecule has 0 radical (unpaired) electrons.